The molecule has 0 saturated carbocycles. The largest absolute Gasteiger partial charge is 0.497 e. The van der Waals surface area contributed by atoms with Gasteiger partial charge in [-0.2, -0.15) is 0 Å². The van der Waals surface area contributed by atoms with Gasteiger partial charge >= 0.3 is 0 Å². The van der Waals surface area contributed by atoms with Gasteiger partial charge in [0.25, 0.3) is 0 Å². The second-order valence-electron chi connectivity index (χ2n) is 4.59. The lowest BCUT2D eigenvalue weighted by Gasteiger charge is -2.04. The smallest absolute Gasteiger partial charge is 0.164 e. The van der Waals surface area contributed by atoms with Gasteiger partial charge < -0.3 is 9.30 Å². The van der Waals surface area contributed by atoms with Crippen LogP contribution in [-0.4, -0.2) is 17.5 Å². The Morgan fingerprint density at radius 2 is 1.95 bits per heavy atom. The summed E-state index contributed by atoms with van der Waals surface area (Å²) in [6.45, 7) is 2.79. The molecule has 0 bridgehead atoms. The van der Waals surface area contributed by atoms with Crippen molar-refractivity contribution in [2.75, 3.05) is 7.11 Å². The third-order valence-electron chi connectivity index (χ3n) is 3.07. The number of nitrogens with zero attached hydrogens (tertiary/aromatic N) is 1. The fraction of sp³-hybridized carbons (Fsp3) is 0.312. The number of carbonyl (C=O) groups is 1. The van der Waals surface area contributed by atoms with Crippen molar-refractivity contribution in [3.63, 3.8) is 0 Å². The molecule has 0 N–H and O–H groups in total. The predicted molar refractivity (Wildman–Crippen MR) is 75.8 cm³/mol. The summed E-state index contributed by atoms with van der Waals surface area (Å²) in [5.41, 5.74) is 1.99. The minimum absolute atomic E-state index is 0.219. The Hall–Kier alpha value is -2.03. The molecule has 3 nitrogen and oxygen atoms in total. The van der Waals surface area contributed by atoms with Crippen LogP contribution in [0.25, 0.3) is 0 Å². The van der Waals surface area contributed by atoms with Crippen LogP contribution in [0.4, 0.5) is 0 Å². The van der Waals surface area contributed by atoms with Gasteiger partial charge in [0.2, 0.25) is 0 Å². The van der Waals surface area contributed by atoms with E-state index in [1.807, 2.05) is 54.2 Å². The summed E-state index contributed by atoms with van der Waals surface area (Å²) in [4.78, 5) is 11.8. The van der Waals surface area contributed by atoms with E-state index >= 15 is 0 Å². The van der Waals surface area contributed by atoms with E-state index < -0.39 is 0 Å². The van der Waals surface area contributed by atoms with Crippen molar-refractivity contribution in [2.45, 2.75) is 26.3 Å². The van der Waals surface area contributed by atoms with Gasteiger partial charge in [-0.3, -0.25) is 4.79 Å². The van der Waals surface area contributed by atoms with Crippen molar-refractivity contribution < 1.29 is 9.53 Å². The number of benzene rings is 1. The number of rotatable bonds is 6. The third-order valence-corrected chi connectivity index (χ3v) is 3.07. The Morgan fingerprint density at radius 1 is 1.21 bits per heavy atom. The van der Waals surface area contributed by atoms with E-state index in [4.69, 9.17) is 4.74 Å². The number of ketones is 1. The fourth-order valence-corrected chi connectivity index (χ4v) is 2.02. The topological polar surface area (TPSA) is 31.2 Å². The van der Waals surface area contributed by atoms with Gasteiger partial charge in [-0.1, -0.05) is 19.1 Å². The van der Waals surface area contributed by atoms with Crippen molar-refractivity contribution in [3.05, 3.63) is 53.9 Å². The lowest BCUT2D eigenvalue weighted by molar-refractivity contribution is 0.0981. The van der Waals surface area contributed by atoms with Crippen LogP contribution in [0.3, 0.4) is 0 Å². The molecule has 0 unspecified atom stereocenters. The Kier molecular flexibility index (Phi) is 4.39. The van der Waals surface area contributed by atoms with Crippen LogP contribution in [-0.2, 0) is 6.54 Å². The number of Topliss-reactive ketones (excluding diaryl/α,β-unsaturated/α-hetero) is 1. The number of hydrogen-bond acceptors (Lipinski definition) is 2. The summed E-state index contributed by atoms with van der Waals surface area (Å²) in [6, 6.07) is 9.85. The molecule has 0 spiro atoms. The first-order valence-electron chi connectivity index (χ1n) is 6.55. The van der Waals surface area contributed by atoms with Gasteiger partial charge in [0.05, 0.1) is 7.11 Å². The lowest BCUT2D eigenvalue weighted by Crippen LogP contribution is -1.99. The minimum Gasteiger partial charge on any atom is -0.497 e. The van der Waals surface area contributed by atoms with Crippen molar-refractivity contribution in [1.29, 1.82) is 0 Å². The summed E-state index contributed by atoms with van der Waals surface area (Å²) in [6.07, 6.45) is 5.38. The van der Waals surface area contributed by atoms with Gasteiger partial charge in [0.1, 0.15) is 5.75 Å². The highest BCUT2D eigenvalue weighted by atomic mass is 16.5. The molecule has 0 aliphatic heterocycles. The number of hydrogen-bond donors (Lipinski definition) is 0. The quantitative estimate of drug-likeness (QED) is 0.741. The standard InChI is InChI=1S/C16H19NO2/c1-3-4-16(18)14-9-10-17(12-14)11-13-5-7-15(19-2)8-6-13/h5-10,12H,3-4,11H2,1-2H3. The van der Waals surface area contributed by atoms with Crippen molar-refractivity contribution >= 4 is 5.78 Å². The lowest BCUT2D eigenvalue weighted by atomic mass is 10.1. The van der Waals surface area contributed by atoms with Gasteiger partial charge in [0, 0.05) is 30.9 Å². The van der Waals surface area contributed by atoms with Crippen LogP contribution in [0.2, 0.25) is 0 Å². The molecule has 19 heavy (non-hydrogen) atoms. The SMILES string of the molecule is CCCC(=O)c1ccn(Cc2ccc(OC)cc2)c1. The first kappa shape index (κ1) is 13.4. The molecule has 3 heteroatoms. The number of ether oxygens (including phenoxy) is 1. The predicted octanol–water partition coefficient (Wildman–Crippen LogP) is 3.53. The maximum atomic E-state index is 11.8. The molecule has 0 radical (unpaired) electrons. The Bertz CT molecular complexity index is 540. The van der Waals surface area contributed by atoms with E-state index in [2.05, 4.69) is 0 Å². The van der Waals surface area contributed by atoms with E-state index in [0.29, 0.717) is 6.42 Å². The van der Waals surface area contributed by atoms with E-state index in [0.717, 1.165) is 24.3 Å². The summed E-state index contributed by atoms with van der Waals surface area (Å²) >= 11 is 0. The highest BCUT2D eigenvalue weighted by Gasteiger charge is 2.06. The highest BCUT2D eigenvalue weighted by Crippen LogP contribution is 2.13. The summed E-state index contributed by atoms with van der Waals surface area (Å²) < 4.78 is 7.16. The number of aromatic nitrogens is 1. The zero-order valence-electron chi connectivity index (χ0n) is 11.4. The normalized spacial score (nSPS) is 10.4. The molecule has 0 amide bonds. The van der Waals surface area contributed by atoms with Crippen molar-refractivity contribution in [3.8, 4) is 5.75 Å². The Balaban J connectivity index is 2.04. The Morgan fingerprint density at radius 3 is 2.58 bits per heavy atom. The average molecular weight is 257 g/mol. The van der Waals surface area contributed by atoms with Gasteiger partial charge in [-0.15, -0.1) is 0 Å². The number of carbonyl (C=O) groups excluding carboxylic acids is 1. The van der Waals surface area contributed by atoms with E-state index in [9.17, 15) is 4.79 Å². The zero-order valence-corrected chi connectivity index (χ0v) is 11.4. The first-order valence-corrected chi connectivity index (χ1v) is 6.55. The molecule has 100 valence electrons. The van der Waals surface area contributed by atoms with Gasteiger partial charge in [-0.05, 0) is 30.2 Å². The fourth-order valence-electron chi connectivity index (χ4n) is 2.02. The molecule has 0 atom stereocenters. The molecule has 0 saturated heterocycles. The summed E-state index contributed by atoms with van der Waals surface area (Å²) in [5, 5.41) is 0. The summed E-state index contributed by atoms with van der Waals surface area (Å²) in [5.74, 6) is 1.08. The third kappa shape index (κ3) is 3.47. The second-order valence-corrected chi connectivity index (χ2v) is 4.59. The molecular weight excluding hydrogens is 238 g/mol. The van der Waals surface area contributed by atoms with Crippen LogP contribution in [0, 0.1) is 0 Å². The van der Waals surface area contributed by atoms with Crippen LogP contribution in [0.1, 0.15) is 35.7 Å². The second kappa shape index (κ2) is 6.23. The van der Waals surface area contributed by atoms with Crippen molar-refractivity contribution in [1.82, 2.24) is 4.57 Å². The molecule has 1 aromatic heterocycles. The van der Waals surface area contributed by atoms with Crippen molar-refractivity contribution in [2.24, 2.45) is 0 Å². The molecular formula is C16H19NO2. The maximum absolute atomic E-state index is 11.8. The minimum atomic E-state index is 0.219. The Labute approximate surface area is 113 Å². The van der Waals surface area contributed by atoms with E-state index in [-0.39, 0.29) is 5.78 Å². The molecule has 0 aliphatic rings. The van der Waals surface area contributed by atoms with Crippen LogP contribution >= 0.6 is 0 Å². The molecule has 2 rings (SSSR count). The number of methoxy groups -OCH3 is 1. The molecule has 1 heterocycles. The zero-order chi connectivity index (χ0) is 13.7. The molecule has 2 aromatic rings. The summed E-state index contributed by atoms with van der Waals surface area (Å²) in [7, 11) is 1.66. The van der Waals surface area contributed by atoms with E-state index in [1.54, 1.807) is 7.11 Å². The highest BCUT2D eigenvalue weighted by molar-refractivity contribution is 5.95. The van der Waals surface area contributed by atoms with E-state index in [1.165, 1.54) is 5.56 Å². The maximum Gasteiger partial charge on any atom is 0.164 e. The first-order chi connectivity index (χ1) is 9.22. The van der Waals surface area contributed by atoms with Gasteiger partial charge in [0.15, 0.2) is 5.78 Å². The molecule has 0 aliphatic carbocycles. The monoisotopic (exact) mass is 257 g/mol. The molecule has 0 fully saturated rings. The molecule has 1 aromatic carbocycles. The average Bonchev–Trinajstić information content (AvgIpc) is 2.88. The van der Waals surface area contributed by atoms with Crippen LogP contribution in [0.15, 0.2) is 42.7 Å². The van der Waals surface area contributed by atoms with Gasteiger partial charge in [-0.25, -0.2) is 0 Å². The van der Waals surface area contributed by atoms with Crippen LogP contribution < -0.4 is 4.74 Å². The van der Waals surface area contributed by atoms with Crippen LogP contribution in [0.5, 0.6) is 5.75 Å².